The molecule has 1 aliphatic rings. The van der Waals surface area contributed by atoms with Crippen LogP contribution in [-0.4, -0.2) is 19.6 Å². The van der Waals surface area contributed by atoms with Gasteiger partial charge in [-0.3, -0.25) is 4.79 Å². The number of amides is 1. The van der Waals surface area contributed by atoms with E-state index in [1.54, 1.807) is 19.2 Å². The van der Waals surface area contributed by atoms with Crippen LogP contribution in [0.4, 0.5) is 4.39 Å². The van der Waals surface area contributed by atoms with Crippen LogP contribution in [0.15, 0.2) is 48.5 Å². The number of primary amides is 1. The van der Waals surface area contributed by atoms with E-state index in [2.05, 4.69) is 17.4 Å². The first-order valence-corrected chi connectivity index (χ1v) is 9.47. The van der Waals surface area contributed by atoms with Crippen LogP contribution in [-0.2, 0) is 10.2 Å². The number of nitrogens with one attached hydrogen (secondary N) is 1. The summed E-state index contributed by atoms with van der Waals surface area (Å²) in [4.78, 5) is 12.0. The van der Waals surface area contributed by atoms with Gasteiger partial charge in [0, 0.05) is 12.0 Å². The number of hydrogen-bond donors (Lipinski definition) is 2. The Morgan fingerprint density at radius 3 is 2.30 bits per heavy atom. The fourth-order valence-electron chi connectivity index (χ4n) is 4.08. The van der Waals surface area contributed by atoms with Crippen molar-refractivity contribution >= 4 is 5.91 Å². The van der Waals surface area contributed by atoms with E-state index in [9.17, 15) is 9.18 Å². The summed E-state index contributed by atoms with van der Waals surface area (Å²) in [5, 5.41) is 3.36. The molecule has 1 amide bonds. The molecule has 144 valence electrons. The van der Waals surface area contributed by atoms with Gasteiger partial charge >= 0.3 is 0 Å². The van der Waals surface area contributed by atoms with E-state index >= 15 is 0 Å². The van der Waals surface area contributed by atoms with Gasteiger partial charge in [-0.25, -0.2) is 4.39 Å². The fourth-order valence-corrected chi connectivity index (χ4v) is 4.08. The van der Waals surface area contributed by atoms with E-state index in [1.807, 2.05) is 12.1 Å². The van der Waals surface area contributed by atoms with Crippen molar-refractivity contribution in [3.05, 3.63) is 65.5 Å². The zero-order chi connectivity index (χ0) is 19.3. The molecule has 0 heterocycles. The Kier molecular flexibility index (Phi) is 6.11. The lowest BCUT2D eigenvalue weighted by Crippen LogP contribution is -2.44. The molecule has 0 spiro atoms. The highest BCUT2D eigenvalue weighted by Gasteiger charge is 2.35. The number of hydrogen-bond acceptors (Lipinski definition) is 3. The van der Waals surface area contributed by atoms with Crippen LogP contribution >= 0.6 is 0 Å². The Labute approximate surface area is 159 Å². The second-order valence-electron chi connectivity index (χ2n) is 7.34. The van der Waals surface area contributed by atoms with E-state index in [-0.39, 0.29) is 11.2 Å². The zero-order valence-electron chi connectivity index (χ0n) is 15.7. The Hall–Kier alpha value is -2.40. The minimum Gasteiger partial charge on any atom is -0.497 e. The van der Waals surface area contributed by atoms with Crippen molar-refractivity contribution in [2.75, 3.05) is 13.7 Å². The van der Waals surface area contributed by atoms with Gasteiger partial charge in [-0.1, -0.05) is 43.5 Å². The number of benzene rings is 2. The topological polar surface area (TPSA) is 64.3 Å². The van der Waals surface area contributed by atoms with E-state index in [0.717, 1.165) is 31.4 Å². The molecule has 1 aliphatic carbocycles. The lowest BCUT2D eigenvalue weighted by molar-refractivity contribution is -0.120. The lowest BCUT2D eigenvalue weighted by atomic mass is 9.69. The van der Waals surface area contributed by atoms with Crippen molar-refractivity contribution in [3.63, 3.8) is 0 Å². The second kappa shape index (κ2) is 8.53. The number of carbonyl (C=O) groups excluding carboxylic acids is 1. The Morgan fingerprint density at radius 1 is 1.11 bits per heavy atom. The van der Waals surface area contributed by atoms with Crippen molar-refractivity contribution in [3.8, 4) is 5.75 Å². The summed E-state index contributed by atoms with van der Waals surface area (Å²) < 4.78 is 18.5. The summed E-state index contributed by atoms with van der Waals surface area (Å²) in [6.07, 6.45) is 5.66. The van der Waals surface area contributed by atoms with Crippen LogP contribution < -0.4 is 15.8 Å². The number of ether oxygens (including phenoxy) is 1. The van der Waals surface area contributed by atoms with Crippen LogP contribution in [0.2, 0.25) is 0 Å². The molecule has 0 saturated heterocycles. The van der Waals surface area contributed by atoms with E-state index in [0.29, 0.717) is 12.1 Å². The monoisotopic (exact) mass is 370 g/mol. The molecule has 1 atom stereocenters. The van der Waals surface area contributed by atoms with Gasteiger partial charge in [0.1, 0.15) is 17.6 Å². The van der Waals surface area contributed by atoms with Gasteiger partial charge in [-0.05, 0) is 48.2 Å². The predicted octanol–water partition coefficient (Wildman–Crippen LogP) is 3.85. The van der Waals surface area contributed by atoms with Crippen LogP contribution in [0, 0.1) is 5.82 Å². The van der Waals surface area contributed by atoms with Gasteiger partial charge in [0.05, 0.1) is 7.11 Å². The number of rotatable bonds is 7. The maximum Gasteiger partial charge on any atom is 0.239 e. The summed E-state index contributed by atoms with van der Waals surface area (Å²) in [6.45, 7) is 0.643. The highest BCUT2D eigenvalue weighted by Crippen LogP contribution is 2.40. The van der Waals surface area contributed by atoms with Gasteiger partial charge in [0.15, 0.2) is 0 Å². The van der Waals surface area contributed by atoms with Gasteiger partial charge in [-0.2, -0.15) is 0 Å². The van der Waals surface area contributed by atoms with Gasteiger partial charge in [0.2, 0.25) is 5.91 Å². The molecule has 0 aromatic heterocycles. The number of halogens is 1. The standard InChI is InChI=1S/C22H27FN2O2/c1-27-19-11-7-17(8-12-19)22(13-3-2-4-14-22)15-25-20(21(24)26)16-5-9-18(23)10-6-16/h5-12,20,25H,2-4,13-15H2,1H3,(H2,24,26). The summed E-state index contributed by atoms with van der Waals surface area (Å²) in [6, 6.07) is 13.5. The largest absolute Gasteiger partial charge is 0.497 e. The summed E-state index contributed by atoms with van der Waals surface area (Å²) in [5.74, 6) is 0.0465. The number of carbonyl (C=O) groups is 1. The van der Waals surface area contributed by atoms with E-state index < -0.39 is 11.9 Å². The van der Waals surface area contributed by atoms with Crippen LogP contribution in [0.1, 0.15) is 49.3 Å². The van der Waals surface area contributed by atoms with Gasteiger partial charge in [-0.15, -0.1) is 0 Å². The second-order valence-corrected chi connectivity index (χ2v) is 7.34. The van der Waals surface area contributed by atoms with E-state index in [1.165, 1.54) is 24.1 Å². The molecular weight excluding hydrogens is 343 g/mol. The molecular formula is C22H27FN2O2. The SMILES string of the molecule is COc1ccc(C2(CNC(C(N)=O)c3ccc(F)cc3)CCCCC2)cc1. The zero-order valence-corrected chi connectivity index (χ0v) is 15.7. The molecule has 1 saturated carbocycles. The molecule has 4 nitrogen and oxygen atoms in total. The average Bonchev–Trinajstić information content (AvgIpc) is 2.70. The molecule has 0 aliphatic heterocycles. The summed E-state index contributed by atoms with van der Waals surface area (Å²) >= 11 is 0. The maximum absolute atomic E-state index is 13.2. The van der Waals surface area contributed by atoms with Crippen molar-refractivity contribution in [2.24, 2.45) is 5.73 Å². The third-order valence-electron chi connectivity index (χ3n) is 5.65. The van der Waals surface area contributed by atoms with Crippen molar-refractivity contribution in [2.45, 2.75) is 43.6 Å². The molecule has 1 unspecified atom stereocenters. The van der Waals surface area contributed by atoms with Crippen LogP contribution in [0.5, 0.6) is 5.75 Å². The molecule has 2 aromatic rings. The molecule has 0 radical (unpaired) electrons. The third-order valence-corrected chi connectivity index (χ3v) is 5.65. The molecule has 1 fully saturated rings. The van der Waals surface area contributed by atoms with Gasteiger partial charge < -0.3 is 15.8 Å². The number of nitrogens with two attached hydrogens (primary N) is 1. The highest BCUT2D eigenvalue weighted by molar-refractivity contribution is 5.81. The Bertz CT molecular complexity index is 753. The molecule has 0 bridgehead atoms. The minimum absolute atomic E-state index is 0.0434. The lowest BCUT2D eigenvalue weighted by Gasteiger charge is -2.39. The first-order chi connectivity index (χ1) is 13.0. The molecule has 27 heavy (non-hydrogen) atoms. The highest BCUT2D eigenvalue weighted by atomic mass is 19.1. The molecule has 2 aromatic carbocycles. The van der Waals surface area contributed by atoms with E-state index in [4.69, 9.17) is 10.5 Å². The van der Waals surface area contributed by atoms with Crippen molar-refractivity contribution in [1.29, 1.82) is 0 Å². The molecule has 5 heteroatoms. The third kappa shape index (κ3) is 4.48. The fraction of sp³-hybridized carbons (Fsp3) is 0.409. The summed E-state index contributed by atoms with van der Waals surface area (Å²) in [7, 11) is 1.66. The maximum atomic E-state index is 13.2. The predicted molar refractivity (Wildman–Crippen MR) is 104 cm³/mol. The van der Waals surface area contributed by atoms with Crippen LogP contribution in [0.25, 0.3) is 0 Å². The summed E-state index contributed by atoms with van der Waals surface area (Å²) in [5.41, 5.74) is 7.52. The number of methoxy groups -OCH3 is 1. The first kappa shape index (κ1) is 19.4. The molecule has 3 rings (SSSR count). The van der Waals surface area contributed by atoms with Crippen molar-refractivity contribution < 1.29 is 13.9 Å². The van der Waals surface area contributed by atoms with Crippen molar-refractivity contribution in [1.82, 2.24) is 5.32 Å². The average molecular weight is 370 g/mol. The smallest absolute Gasteiger partial charge is 0.239 e. The van der Waals surface area contributed by atoms with Gasteiger partial charge in [0.25, 0.3) is 0 Å². The Balaban J connectivity index is 1.82. The van der Waals surface area contributed by atoms with Crippen LogP contribution in [0.3, 0.4) is 0 Å². The quantitative estimate of drug-likeness (QED) is 0.778. The minimum atomic E-state index is -0.636. The Morgan fingerprint density at radius 2 is 1.74 bits per heavy atom. The normalized spacial score (nSPS) is 17.3. The molecule has 3 N–H and O–H groups in total. The first-order valence-electron chi connectivity index (χ1n) is 9.47.